The summed E-state index contributed by atoms with van der Waals surface area (Å²) >= 11 is 0. The molecule has 3 heterocycles. The number of fused-ring (bicyclic) bond motifs is 1. The number of carbonyl (C=O) groups is 1. The first kappa shape index (κ1) is 19.1. The molecule has 2 aromatic heterocycles. The van der Waals surface area contributed by atoms with Crippen molar-refractivity contribution in [3.05, 3.63) is 30.2 Å². The van der Waals surface area contributed by atoms with Gasteiger partial charge in [-0.2, -0.15) is 0 Å². The molecule has 2 aromatic rings. The Morgan fingerprint density at radius 3 is 3.07 bits per heavy atom. The van der Waals surface area contributed by atoms with Crippen LogP contribution in [0.1, 0.15) is 32.5 Å². The van der Waals surface area contributed by atoms with Gasteiger partial charge in [-0.1, -0.05) is 6.07 Å². The van der Waals surface area contributed by atoms with Crippen molar-refractivity contribution in [2.75, 3.05) is 32.8 Å². The molecule has 1 saturated heterocycles. The highest BCUT2D eigenvalue weighted by Gasteiger charge is 2.28. The van der Waals surface area contributed by atoms with E-state index in [9.17, 15) is 4.79 Å². The molecule has 1 atom stereocenters. The number of rotatable bonds is 6. The summed E-state index contributed by atoms with van der Waals surface area (Å²) in [6, 6.07) is 5.86. The Morgan fingerprint density at radius 2 is 2.26 bits per heavy atom. The molecule has 1 N–H and O–H groups in total. The van der Waals surface area contributed by atoms with E-state index in [2.05, 4.69) is 20.4 Å². The third-order valence-corrected chi connectivity index (χ3v) is 4.66. The van der Waals surface area contributed by atoms with E-state index in [4.69, 9.17) is 9.73 Å². The molecule has 1 aliphatic heterocycles. The second-order valence-corrected chi connectivity index (χ2v) is 6.57. The summed E-state index contributed by atoms with van der Waals surface area (Å²) in [5, 5.41) is 11.8. The van der Waals surface area contributed by atoms with Crippen molar-refractivity contribution < 1.29 is 9.53 Å². The number of pyridine rings is 1. The lowest BCUT2D eigenvalue weighted by atomic mass is 9.98. The number of hydrogen-bond acceptors (Lipinski definition) is 5. The van der Waals surface area contributed by atoms with Gasteiger partial charge in [0, 0.05) is 38.8 Å². The zero-order valence-corrected chi connectivity index (χ0v) is 16.1. The predicted octanol–water partition coefficient (Wildman–Crippen LogP) is 1.51. The van der Waals surface area contributed by atoms with Gasteiger partial charge in [0.15, 0.2) is 11.6 Å². The largest absolute Gasteiger partial charge is 0.466 e. The van der Waals surface area contributed by atoms with Gasteiger partial charge in [0.25, 0.3) is 0 Å². The lowest BCUT2D eigenvalue weighted by molar-refractivity contribution is -0.149. The number of aliphatic imine (C=N–C) groups is 1. The van der Waals surface area contributed by atoms with E-state index in [1.807, 2.05) is 42.6 Å². The van der Waals surface area contributed by atoms with Gasteiger partial charge in [-0.25, -0.2) is 0 Å². The molecular weight excluding hydrogens is 344 g/mol. The molecule has 0 amide bonds. The first-order valence-electron chi connectivity index (χ1n) is 9.71. The van der Waals surface area contributed by atoms with Crippen molar-refractivity contribution >= 4 is 17.6 Å². The number of piperidine rings is 1. The number of ether oxygens (including phenoxy) is 1. The zero-order valence-electron chi connectivity index (χ0n) is 16.1. The van der Waals surface area contributed by atoms with Crippen LogP contribution in [-0.2, 0) is 16.0 Å². The highest BCUT2D eigenvalue weighted by molar-refractivity contribution is 5.81. The molecule has 0 saturated carbocycles. The average Bonchev–Trinajstić information content (AvgIpc) is 3.11. The summed E-state index contributed by atoms with van der Waals surface area (Å²) in [6.45, 7) is 7.27. The number of esters is 1. The fourth-order valence-electron chi connectivity index (χ4n) is 3.37. The van der Waals surface area contributed by atoms with Gasteiger partial charge in [0.1, 0.15) is 5.82 Å². The van der Waals surface area contributed by atoms with Crippen LogP contribution in [0.15, 0.2) is 29.4 Å². The van der Waals surface area contributed by atoms with Crippen LogP contribution in [0.4, 0.5) is 0 Å². The van der Waals surface area contributed by atoms with E-state index in [0.29, 0.717) is 26.1 Å². The van der Waals surface area contributed by atoms with Crippen LogP contribution in [0.25, 0.3) is 5.65 Å². The van der Waals surface area contributed by atoms with Crippen LogP contribution in [0.5, 0.6) is 0 Å². The maximum absolute atomic E-state index is 12.1. The first-order valence-corrected chi connectivity index (χ1v) is 9.71. The monoisotopic (exact) mass is 372 g/mol. The molecule has 1 unspecified atom stereocenters. The molecule has 1 fully saturated rings. The number of nitrogens with one attached hydrogen (secondary N) is 1. The molecule has 0 aromatic carbocycles. The van der Waals surface area contributed by atoms with Crippen molar-refractivity contribution in [2.24, 2.45) is 10.9 Å². The van der Waals surface area contributed by atoms with E-state index < -0.39 is 0 Å². The molecule has 146 valence electrons. The number of guanidine groups is 1. The van der Waals surface area contributed by atoms with Gasteiger partial charge in [0.2, 0.25) is 0 Å². The smallest absolute Gasteiger partial charge is 0.310 e. The lowest BCUT2D eigenvalue weighted by Gasteiger charge is -2.34. The van der Waals surface area contributed by atoms with Crippen molar-refractivity contribution in [2.45, 2.75) is 33.1 Å². The van der Waals surface area contributed by atoms with Crippen molar-refractivity contribution in [1.29, 1.82) is 0 Å². The standard InChI is InChI=1S/C19H28N6O2/c1-3-20-19(24-12-7-8-15(14-24)18(26)27-4-2)21-11-10-17-23-22-16-9-5-6-13-25(16)17/h5-6,9,13,15H,3-4,7-8,10-12,14H2,1-2H3,(H,20,21). The van der Waals surface area contributed by atoms with Gasteiger partial charge in [0.05, 0.1) is 12.5 Å². The summed E-state index contributed by atoms with van der Waals surface area (Å²) in [4.78, 5) is 19.0. The Balaban J connectivity index is 1.64. The van der Waals surface area contributed by atoms with Gasteiger partial charge in [-0.15, -0.1) is 10.2 Å². The van der Waals surface area contributed by atoms with Gasteiger partial charge < -0.3 is 15.0 Å². The predicted molar refractivity (Wildman–Crippen MR) is 104 cm³/mol. The topological polar surface area (TPSA) is 84.1 Å². The Kier molecular flexibility index (Phi) is 6.62. The van der Waals surface area contributed by atoms with Crippen LogP contribution >= 0.6 is 0 Å². The van der Waals surface area contributed by atoms with E-state index in [1.54, 1.807) is 0 Å². The summed E-state index contributed by atoms with van der Waals surface area (Å²) in [7, 11) is 0. The Bertz CT molecular complexity index is 787. The van der Waals surface area contributed by atoms with Crippen LogP contribution in [0.2, 0.25) is 0 Å². The number of nitrogens with zero attached hydrogens (tertiary/aromatic N) is 5. The fourth-order valence-corrected chi connectivity index (χ4v) is 3.37. The molecule has 0 spiro atoms. The quantitative estimate of drug-likeness (QED) is 0.470. The van der Waals surface area contributed by atoms with Gasteiger partial charge in [-0.05, 0) is 38.8 Å². The minimum atomic E-state index is -0.104. The van der Waals surface area contributed by atoms with Crippen LogP contribution < -0.4 is 5.32 Å². The number of hydrogen-bond donors (Lipinski definition) is 1. The molecule has 27 heavy (non-hydrogen) atoms. The summed E-state index contributed by atoms with van der Waals surface area (Å²) in [5.74, 6) is 1.56. The lowest BCUT2D eigenvalue weighted by Crippen LogP contribution is -2.48. The maximum Gasteiger partial charge on any atom is 0.310 e. The zero-order chi connectivity index (χ0) is 19.1. The number of likely N-dealkylation sites (tertiary alicyclic amines) is 1. The number of aromatic nitrogens is 3. The van der Waals surface area contributed by atoms with E-state index >= 15 is 0 Å². The fraction of sp³-hybridized carbons (Fsp3) is 0.579. The molecule has 0 radical (unpaired) electrons. The molecule has 0 aliphatic carbocycles. The summed E-state index contributed by atoms with van der Waals surface area (Å²) in [5.41, 5.74) is 0.844. The first-order chi connectivity index (χ1) is 13.2. The Labute approximate surface area is 159 Å². The minimum absolute atomic E-state index is 0.0806. The summed E-state index contributed by atoms with van der Waals surface area (Å²) in [6.07, 6.45) is 4.51. The second kappa shape index (κ2) is 9.34. The molecule has 1 aliphatic rings. The van der Waals surface area contributed by atoms with Crippen molar-refractivity contribution in [3.63, 3.8) is 0 Å². The summed E-state index contributed by atoms with van der Waals surface area (Å²) < 4.78 is 7.18. The van der Waals surface area contributed by atoms with Gasteiger partial charge in [-0.3, -0.25) is 14.2 Å². The molecular formula is C19H28N6O2. The van der Waals surface area contributed by atoms with Gasteiger partial charge >= 0.3 is 5.97 Å². The Morgan fingerprint density at radius 1 is 1.37 bits per heavy atom. The molecule has 8 nitrogen and oxygen atoms in total. The molecule has 8 heteroatoms. The third kappa shape index (κ3) is 4.75. The number of carbonyl (C=O) groups excluding carboxylic acids is 1. The van der Waals surface area contributed by atoms with E-state index in [0.717, 1.165) is 43.4 Å². The van der Waals surface area contributed by atoms with E-state index in [1.165, 1.54) is 0 Å². The minimum Gasteiger partial charge on any atom is -0.466 e. The van der Waals surface area contributed by atoms with Crippen molar-refractivity contribution in [3.8, 4) is 0 Å². The third-order valence-electron chi connectivity index (χ3n) is 4.66. The highest BCUT2D eigenvalue weighted by Crippen LogP contribution is 2.18. The molecule has 0 bridgehead atoms. The average molecular weight is 372 g/mol. The SMILES string of the molecule is CCNC(=NCCc1nnc2ccccn12)N1CCCC(C(=O)OCC)C1. The van der Waals surface area contributed by atoms with Crippen LogP contribution in [-0.4, -0.2) is 64.2 Å². The second-order valence-electron chi connectivity index (χ2n) is 6.57. The van der Waals surface area contributed by atoms with Crippen LogP contribution in [0.3, 0.4) is 0 Å². The highest BCUT2D eigenvalue weighted by atomic mass is 16.5. The van der Waals surface area contributed by atoms with E-state index in [-0.39, 0.29) is 11.9 Å². The van der Waals surface area contributed by atoms with Crippen LogP contribution in [0, 0.1) is 5.92 Å². The Hall–Kier alpha value is -2.64. The molecule has 3 rings (SSSR count). The van der Waals surface area contributed by atoms with Crippen molar-refractivity contribution in [1.82, 2.24) is 24.8 Å². The normalized spacial score (nSPS) is 17.9. The maximum atomic E-state index is 12.1.